The summed E-state index contributed by atoms with van der Waals surface area (Å²) in [5.41, 5.74) is 1.48. The number of hydrogen-bond acceptors (Lipinski definition) is 5. The minimum Gasteiger partial charge on any atom is -0.457 e. The molecular formula is C40H39Cl2N3O5S. The lowest BCUT2D eigenvalue weighted by Gasteiger charge is -2.34. The lowest BCUT2D eigenvalue weighted by atomic mass is 10.0. The zero-order valence-electron chi connectivity index (χ0n) is 28.3. The summed E-state index contributed by atoms with van der Waals surface area (Å²) in [4.78, 5) is 30.2. The van der Waals surface area contributed by atoms with Crippen LogP contribution in [0.2, 0.25) is 10.0 Å². The molecule has 8 nitrogen and oxygen atoms in total. The standard InChI is InChI=1S/C40H39Cl2N3O5S/c1-3-29(2)43-40(47)38(26-30-14-7-4-8-15-30)44(27-35-36(41)20-13-21-37(35)42)39(46)28-45(51(48,49)34-18-11-6-12-19-34)31-22-24-33(25-23-31)50-32-16-9-5-10-17-32/h4-25,29,38H,3,26-28H2,1-2H3,(H,43,47). The Morgan fingerprint density at radius 3 is 1.88 bits per heavy atom. The second kappa shape index (κ2) is 17.4. The third-order valence-electron chi connectivity index (χ3n) is 8.38. The van der Waals surface area contributed by atoms with Gasteiger partial charge in [-0.05, 0) is 79.6 Å². The SMILES string of the molecule is CCC(C)NC(=O)C(Cc1ccccc1)N(Cc1c(Cl)cccc1Cl)C(=O)CN(c1ccc(Oc2ccccc2)cc1)S(=O)(=O)c1ccccc1. The molecule has 0 aliphatic carbocycles. The molecule has 2 amide bonds. The molecule has 0 radical (unpaired) electrons. The van der Waals surface area contributed by atoms with Crippen molar-refractivity contribution in [3.05, 3.63) is 155 Å². The predicted molar refractivity (Wildman–Crippen MR) is 203 cm³/mol. The highest BCUT2D eigenvalue weighted by Crippen LogP contribution is 2.30. The Morgan fingerprint density at radius 2 is 1.29 bits per heavy atom. The molecule has 2 unspecified atom stereocenters. The number of sulfonamides is 1. The molecule has 5 aromatic rings. The van der Waals surface area contributed by atoms with Crippen LogP contribution < -0.4 is 14.4 Å². The van der Waals surface area contributed by atoms with E-state index in [-0.39, 0.29) is 35.5 Å². The molecule has 0 fully saturated rings. The number of nitrogens with zero attached hydrogens (tertiary/aromatic N) is 2. The smallest absolute Gasteiger partial charge is 0.264 e. The molecule has 0 saturated heterocycles. The molecule has 51 heavy (non-hydrogen) atoms. The van der Waals surface area contributed by atoms with Gasteiger partial charge in [0.1, 0.15) is 24.1 Å². The largest absolute Gasteiger partial charge is 0.457 e. The first-order chi connectivity index (χ1) is 24.6. The molecule has 0 spiro atoms. The summed E-state index contributed by atoms with van der Waals surface area (Å²) in [6, 6.07) is 36.6. The third kappa shape index (κ3) is 9.70. The molecule has 0 aliphatic rings. The molecule has 0 saturated carbocycles. The van der Waals surface area contributed by atoms with Crippen molar-refractivity contribution < 1.29 is 22.7 Å². The summed E-state index contributed by atoms with van der Waals surface area (Å²) >= 11 is 13.2. The number of halogens is 2. The van der Waals surface area contributed by atoms with E-state index in [9.17, 15) is 18.0 Å². The van der Waals surface area contributed by atoms with Crippen molar-refractivity contribution in [1.82, 2.24) is 10.2 Å². The zero-order valence-corrected chi connectivity index (χ0v) is 30.6. The van der Waals surface area contributed by atoms with Gasteiger partial charge < -0.3 is 15.0 Å². The molecule has 0 aliphatic heterocycles. The highest BCUT2D eigenvalue weighted by atomic mass is 35.5. The summed E-state index contributed by atoms with van der Waals surface area (Å²) in [5.74, 6) is 0.0797. The molecule has 5 aromatic carbocycles. The third-order valence-corrected chi connectivity index (χ3v) is 10.9. The number of amides is 2. The van der Waals surface area contributed by atoms with Crippen LogP contribution in [0.5, 0.6) is 11.5 Å². The molecular weight excluding hydrogens is 705 g/mol. The fourth-order valence-corrected chi connectivity index (χ4v) is 7.35. The van der Waals surface area contributed by atoms with Crippen LogP contribution in [0.25, 0.3) is 0 Å². The van der Waals surface area contributed by atoms with Gasteiger partial charge in [-0.1, -0.05) is 103 Å². The van der Waals surface area contributed by atoms with Gasteiger partial charge >= 0.3 is 0 Å². The van der Waals surface area contributed by atoms with Gasteiger partial charge in [0.2, 0.25) is 11.8 Å². The van der Waals surface area contributed by atoms with Gasteiger partial charge in [0.25, 0.3) is 10.0 Å². The van der Waals surface area contributed by atoms with Crippen LogP contribution in [0.4, 0.5) is 5.69 Å². The van der Waals surface area contributed by atoms with Gasteiger partial charge in [0.05, 0.1) is 10.6 Å². The van der Waals surface area contributed by atoms with Gasteiger partial charge in [-0.3, -0.25) is 13.9 Å². The number of benzene rings is 5. The first-order valence-electron chi connectivity index (χ1n) is 16.5. The van der Waals surface area contributed by atoms with E-state index in [1.165, 1.54) is 17.0 Å². The lowest BCUT2D eigenvalue weighted by molar-refractivity contribution is -0.140. The van der Waals surface area contributed by atoms with Crippen LogP contribution in [0.3, 0.4) is 0 Å². The van der Waals surface area contributed by atoms with Crippen LogP contribution in [0.15, 0.2) is 138 Å². The van der Waals surface area contributed by atoms with E-state index in [1.54, 1.807) is 60.7 Å². The lowest BCUT2D eigenvalue weighted by Crippen LogP contribution is -2.54. The topological polar surface area (TPSA) is 96.0 Å². The number of anilines is 1. The van der Waals surface area contributed by atoms with E-state index in [0.717, 1.165) is 9.87 Å². The Morgan fingerprint density at radius 1 is 0.745 bits per heavy atom. The Labute approximate surface area is 309 Å². The van der Waals surface area contributed by atoms with Crippen LogP contribution >= 0.6 is 23.2 Å². The van der Waals surface area contributed by atoms with E-state index in [0.29, 0.717) is 33.5 Å². The van der Waals surface area contributed by atoms with E-state index >= 15 is 0 Å². The van der Waals surface area contributed by atoms with Gasteiger partial charge in [0.15, 0.2) is 0 Å². The summed E-state index contributed by atoms with van der Waals surface area (Å²) < 4.78 is 35.6. The minimum atomic E-state index is -4.28. The Kier molecular flexibility index (Phi) is 12.8. The summed E-state index contributed by atoms with van der Waals surface area (Å²) in [7, 11) is -4.28. The van der Waals surface area contributed by atoms with Crippen LogP contribution in [-0.4, -0.2) is 43.8 Å². The Balaban J connectivity index is 1.58. The van der Waals surface area contributed by atoms with Crippen LogP contribution in [0, 0.1) is 0 Å². The van der Waals surface area contributed by atoms with Crippen molar-refractivity contribution in [3.8, 4) is 11.5 Å². The normalized spacial score (nSPS) is 12.4. The molecule has 1 N–H and O–H groups in total. The van der Waals surface area contributed by atoms with E-state index in [4.69, 9.17) is 27.9 Å². The number of para-hydroxylation sites is 1. The van der Waals surface area contributed by atoms with Crippen molar-refractivity contribution >= 4 is 50.7 Å². The Hall–Kier alpha value is -4.83. The van der Waals surface area contributed by atoms with Gasteiger partial charge in [-0.15, -0.1) is 0 Å². The molecule has 11 heteroatoms. The second-order valence-electron chi connectivity index (χ2n) is 12.0. The first-order valence-corrected chi connectivity index (χ1v) is 18.7. The molecule has 0 heterocycles. The predicted octanol–water partition coefficient (Wildman–Crippen LogP) is 8.54. The highest BCUT2D eigenvalue weighted by Gasteiger charge is 2.35. The van der Waals surface area contributed by atoms with Crippen molar-refractivity contribution in [2.75, 3.05) is 10.8 Å². The summed E-state index contributed by atoms with van der Waals surface area (Å²) in [6.45, 7) is 3.06. The van der Waals surface area contributed by atoms with Gasteiger partial charge in [0, 0.05) is 34.6 Å². The average molecular weight is 745 g/mol. The summed E-state index contributed by atoms with van der Waals surface area (Å²) in [5, 5.41) is 3.64. The quantitative estimate of drug-likeness (QED) is 0.116. The van der Waals surface area contributed by atoms with E-state index in [2.05, 4.69) is 5.32 Å². The average Bonchev–Trinajstić information content (AvgIpc) is 3.14. The maximum Gasteiger partial charge on any atom is 0.264 e. The summed E-state index contributed by atoms with van der Waals surface area (Å²) in [6.07, 6.45) is 0.828. The van der Waals surface area contributed by atoms with Gasteiger partial charge in [-0.25, -0.2) is 8.42 Å². The maximum atomic E-state index is 14.8. The number of ether oxygens (including phenoxy) is 1. The molecule has 2 atom stereocenters. The molecule has 5 rings (SSSR count). The fraction of sp³-hybridized carbons (Fsp3) is 0.200. The molecule has 0 aromatic heterocycles. The number of carbonyl (C=O) groups is 2. The van der Waals surface area contributed by atoms with Gasteiger partial charge in [-0.2, -0.15) is 0 Å². The Bertz CT molecular complexity index is 2000. The van der Waals surface area contributed by atoms with E-state index in [1.807, 2.05) is 74.5 Å². The van der Waals surface area contributed by atoms with Crippen molar-refractivity contribution in [2.24, 2.45) is 0 Å². The van der Waals surface area contributed by atoms with E-state index < -0.39 is 28.5 Å². The monoisotopic (exact) mass is 743 g/mol. The van der Waals surface area contributed by atoms with Crippen LogP contribution in [-0.2, 0) is 32.6 Å². The number of rotatable bonds is 15. The van der Waals surface area contributed by atoms with Crippen molar-refractivity contribution in [1.29, 1.82) is 0 Å². The number of nitrogens with one attached hydrogen (secondary N) is 1. The first kappa shape index (κ1) is 37.4. The highest BCUT2D eigenvalue weighted by molar-refractivity contribution is 7.92. The molecule has 0 bridgehead atoms. The minimum absolute atomic E-state index is 0.00143. The van der Waals surface area contributed by atoms with Crippen LogP contribution in [0.1, 0.15) is 31.4 Å². The van der Waals surface area contributed by atoms with Crippen molar-refractivity contribution in [2.45, 2.75) is 50.2 Å². The maximum absolute atomic E-state index is 14.8. The second-order valence-corrected chi connectivity index (χ2v) is 14.7. The zero-order chi connectivity index (χ0) is 36.4. The van der Waals surface area contributed by atoms with Crippen molar-refractivity contribution in [3.63, 3.8) is 0 Å². The fourth-order valence-electron chi connectivity index (χ4n) is 5.40. The number of carbonyl (C=O) groups excluding carboxylic acids is 2. The number of hydrogen-bond donors (Lipinski definition) is 1. The molecule has 264 valence electrons.